The standard InChI is InChI=1S/C22H42N3O5PSi/c1-10-13-27-20-14-19(31(26,28-11-2)29-12-3)15-21(22(20)24-25-23)30-32(16(4)5,17(6)7)18(8)9/h10,14,16-18,20-22H,1,11-13,15H2,2-9H3/t20-,21+,22+/m1/s1. The van der Waals surface area contributed by atoms with Gasteiger partial charge in [0.25, 0.3) is 0 Å². The number of rotatable bonds is 14. The number of ether oxygens (including phenoxy) is 1. The quantitative estimate of drug-likeness (QED) is 0.0636. The Hall–Kier alpha value is -0.923. The minimum Gasteiger partial charge on any atom is -0.412 e. The summed E-state index contributed by atoms with van der Waals surface area (Å²) < 4.78 is 37.8. The van der Waals surface area contributed by atoms with Crippen molar-refractivity contribution in [1.29, 1.82) is 0 Å². The van der Waals surface area contributed by atoms with Crippen molar-refractivity contribution in [2.24, 2.45) is 5.11 Å². The lowest BCUT2D eigenvalue weighted by molar-refractivity contribution is 0.0300. The molecular weight excluding hydrogens is 445 g/mol. The van der Waals surface area contributed by atoms with Gasteiger partial charge in [0.05, 0.1) is 38.1 Å². The molecule has 1 aliphatic carbocycles. The SMILES string of the molecule is C=CCO[C@@H]1C=C(P(=O)(OCC)OCC)C[C@H](O[Si](C(C)C)(C(C)C)C(C)C)[C@H]1N=[N+]=[N-]. The highest BCUT2D eigenvalue weighted by Crippen LogP contribution is 2.59. The Kier molecular flexibility index (Phi) is 11.9. The van der Waals surface area contributed by atoms with Crippen LogP contribution in [0.2, 0.25) is 16.6 Å². The molecule has 0 aliphatic heterocycles. The van der Waals surface area contributed by atoms with Gasteiger partial charge in [0.15, 0.2) is 0 Å². The van der Waals surface area contributed by atoms with Crippen LogP contribution in [0.25, 0.3) is 10.4 Å². The molecule has 0 N–H and O–H groups in total. The fraction of sp³-hybridized carbons (Fsp3) is 0.818. The predicted molar refractivity (Wildman–Crippen MR) is 132 cm³/mol. The van der Waals surface area contributed by atoms with E-state index in [1.807, 2.05) is 0 Å². The summed E-state index contributed by atoms with van der Waals surface area (Å²) in [6.07, 6.45) is 2.55. The topological polar surface area (TPSA) is 103 Å². The minimum atomic E-state index is -3.53. The normalized spacial score (nSPS) is 22.2. The highest BCUT2D eigenvalue weighted by molar-refractivity contribution is 7.58. The Balaban J connectivity index is 3.59. The average Bonchev–Trinajstić information content (AvgIpc) is 2.71. The molecule has 0 bridgehead atoms. The van der Waals surface area contributed by atoms with Crippen LogP contribution in [-0.2, 0) is 22.8 Å². The van der Waals surface area contributed by atoms with Gasteiger partial charge in [-0.2, -0.15) is 0 Å². The van der Waals surface area contributed by atoms with Gasteiger partial charge in [-0.25, -0.2) is 0 Å². The summed E-state index contributed by atoms with van der Waals surface area (Å²) in [6.45, 7) is 21.2. The summed E-state index contributed by atoms with van der Waals surface area (Å²) in [4.78, 5) is 3.09. The van der Waals surface area contributed by atoms with E-state index in [-0.39, 0.29) is 19.8 Å². The number of nitrogens with zero attached hydrogens (tertiary/aromatic N) is 3. The molecule has 0 aromatic rings. The lowest BCUT2D eigenvalue weighted by atomic mass is 9.96. The van der Waals surface area contributed by atoms with Gasteiger partial charge in [0.2, 0.25) is 8.32 Å². The van der Waals surface area contributed by atoms with Crippen LogP contribution >= 0.6 is 7.60 Å². The van der Waals surface area contributed by atoms with Crippen LogP contribution in [0, 0.1) is 0 Å². The predicted octanol–water partition coefficient (Wildman–Crippen LogP) is 7.35. The van der Waals surface area contributed by atoms with Crippen LogP contribution < -0.4 is 0 Å². The van der Waals surface area contributed by atoms with Gasteiger partial charge in [0.1, 0.15) is 0 Å². The summed E-state index contributed by atoms with van der Waals surface area (Å²) in [5, 5.41) is 4.59. The third-order valence-corrected chi connectivity index (χ3v) is 14.4. The number of hydrogen-bond acceptors (Lipinski definition) is 6. The van der Waals surface area contributed by atoms with Crippen molar-refractivity contribution in [2.75, 3.05) is 19.8 Å². The van der Waals surface area contributed by atoms with Gasteiger partial charge in [-0.15, -0.1) is 6.58 Å². The maximum Gasteiger partial charge on any atom is 0.357 e. The van der Waals surface area contributed by atoms with E-state index >= 15 is 0 Å². The highest BCUT2D eigenvalue weighted by Gasteiger charge is 2.50. The average molecular weight is 488 g/mol. The summed E-state index contributed by atoms with van der Waals surface area (Å²) >= 11 is 0. The van der Waals surface area contributed by atoms with Crippen molar-refractivity contribution in [3.05, 3.63) is 34.5 Å². The maximum absolute atomic E-state index is 13.6. The van der Waals surface area contributed by atoms with E-state index in [2.05, 4.69) is 58.1 Å². The molecule has 0 spiro atoms. The van der Waals surface area contributed by atoms with Crippen molar-refractivity contribution < 1.29 is 22.8 Å². The zero-order valence-electron chi connectivity index (χ0n) is 21.0. The van der Waals surface area contributed by atoms with Crippen LogP contribution in [-0.4, -0.2) is 46.4 Å². The second kappa shape index (κ2) is 13.1. The fourth-order valence-corrected chi connectivity index (χ4v) is 12.3. The molecule has 184 valence electrons. The Labute approximate surface area is 195 Å². The number of hydrogen-bond donors (Lipinski definition) is 0. The van der Waals surface area contributed by atoms with E-state index in [0.29, 0.717) is 28.4 Å². The molecule has 0 heterocycles. The van der Waals surface area contributed by atoms with Crippen LogP contribution in [0.15, 0.2) is 29.2 Å². The minimum absolute atomic E-state index is 0.251. The molecule has 0 saturated carbocycles. The first-order valence-electron chi connectivity index (χ1n) is 11.6. The summed E-state index contributed by atoms with van der Waals surface area (Å²) in [6, 6.07) is -0.594. The molecule has 1 aliphatic rings. The van der Waals surface area contributed by atoms with E-state index in [0.717, 1.165) is 0 Å². The summed E-state index contributed by atoms with van der Waals surface area (Å²) in [5.74, 6) is 0. The Morgan fingerprint density at radius 2 is 1.72 bits per heavy atom. The van der Waals surface area contributed by atoms with E-state index in [9.17, 15) is 10.1 Å². The van der Waals surface area contributed by atoms with E-state index in [1.165, 1.54) is 0 Å². The van der Waals surface area contributed by atoms with Crippen LogP contribution in [0.5, 0.6) is 0 Å². The first-order chi connectivity index (χ1) is 15.0. The van der Waals surface area contributed by atoms with E-state index < -0.39 is 34.2 Å². The molecule has 0 unspecified atom stereocenters. The Bertz CT molecular complexity index is 705. The molecule has 0 saturated heterocycles. The molecule has 32 heavy (non-hydrogen) atoms. The van der Waals surface area contributed by atoms with Crippen molar-refractivity contribution in [3.63, 3.8) is 0 Å². The van der Waals surface area contributed by atoms with Gasteiger partial charge < -0.3 is 18.2 Å². The zero-order valence-corrected chi connectivity index (χ0v) is 22.9. The largest absolute Gasteiger partial charge is 0.412 e. The molecule has 0 aromatic heterocycles. The molecule has 1 rings (SSSR count). The monoisotopic (exact) mass is 487 g/mol. The van der Waals surface area contributed by atoms with E-state index in [4.69, 9.17) is 18.2 Å². The van der Waals surface area contributed by atoms with Crippen molar-refractivity contribution in [3.8, 4) is 0 Å². The zero-order chi connectivity index (χ0) is 24.5. The smallest absolute Gasteiger partial charge is 0.357 e. The third kappa shape index (κ3) is 6.57. The van der Waals surface area contributed by atoms with Crippen molar-refractivity contribution in [2.45, 2.75) is 96.7 Å². The Morgan fingerprint density at radius 1 is 1.19 bits per heavy atom. The lowest BCUT2D eigenvalue weighted by Crippen LogP contribution is -2.54. The number of azide groups is 1. The van der Waals surface area contributed by atoms with Crippen LogP contribution in [0.4, 0.5) is 0 Å². The van der Waals surface area contributed by atoms with Gasteiger partial charge >= 0.3 is 7.60 Å². The third-order valence-electron chi connectivity index (χ3n) is 6.09. The van der Waals surface area contributed by atoms with Crippen LogP contribution in [0.1, 0.15) is 61.8 Å². The van der Waals surface area contributed by atoms with Crippen molar-refractivity contribution >= 4 is 15.9 Å². The molecule has 8 nitrogen and oxygen atoms in total. The van der Waals surface area contributed by atoms with Gasteiger partial charge in [-0.3, -0.25) is 4.57 Å². The Morgan fingerprint density at radius 3 is 2.12 bits per heavy atom. The highest BCUT2D eigenvalue weighted by atomic mass is 31.2. The summed E-state index contributed by atoms with van der Waals surface area (Å²) in [5.41, 5.74) is 10.3. The summed E-state index contributed by atoms with van der Waals surface area (Å²) in [7, 11) is -5.86. The van der Waals surface area contributed by atoms with E-state index in [1.54, 1.807) is 26.0 Å². The maximum atomic E-state index is 13.6. The molecule has 0 aromatic carbocycles. The molecule has 10 heteroatoms. The molecule has 0 amide bonds. The van der Waals surface area contributed by atoms with Crippen molar-refractivity contribution in [1.82, 2.24) is 0 Å². The molecule has 0 radical (unpaired) electrons. The lowest BCUT2D eigenvalue weighted by Gasteiger charge is -2.47. The van der Waals surface area contributed by atoms with Gasteiger partial charge in [-0.05, 0) is 42.1 Å². The fourth-order valence-electron chi connectivity index (χ4n) is 4.95. The van der Waals surface area contributed by atoms with Gasteiger partial charge in [0, 0.05) is 16.6 Å². The van der Waals surface area contributed by atoms with Gasteiger partial charge in [-0.1, -0.05) is 52.7 Å². The first kappa shape index (κ1) is 29.1. The second-order valence-electron chi connectivity index (χ2n) is 8.95. The molecule has 0 fully saturated rings. The van der Waals surface area contributed by atoms with Crippen LogP contribution in [0.3, 0.4) is 0 Å². The molecular formula is C22H42N3O5PSi. The molecule has 3 atom stereocenters. The first-order valence-corrected chi connectivity index (χ1v) is 15.3. The second-order valence-corrected chi connectivity index (χ2v) is 16.4.